The number of aliphatic hydroxyl groups is 2. The van der Waals surface area contributed by atoms with Gasteiger partial charge in [0.25, 0.3) is 11.1 Å². The van der Waals surface area contributed by atoms with Gasteiger partial charge in [-0.25, -0.2) is 43.3 Å². The van der Waals surface area contributed by atoms with Crippen molar-refractivity contribution in [3.05, 3.63) is 93.2 Å². The Hall–Kier alpha value is -5.51. The van der Waals surface area contributed by atoms with Crippen molar-refractivity contribution < 1.29 is 80.1 Å². The van der Waals surface area contributed by atoms with E-state index in [0.29, 0.717) is 33.1 Å². The quantitative estimate of drug-likeness (QED) is 0.0249. The van der Waals surface area contributed by atoms with Gasteiger partial charge >= 0.3 is 24.2 Å². The first-order valence-electron chi connectivity index (χ1n) is 23.5. The first-order chi connectivity index (χ1) is 38.7. The van der Waals surface area contributed by atoms with Crippen LogP contribution in [0.1, 0.15) is 12.5 Å². The number of phosphoric acid groups is 2. The number of anilines is 2. The van der Waals surface area contributed by atoms with Crippen LogP contribution < -0.4 is 32.2 Å². The fraction of sp³-hybridized carbons (Fsp3) is 0.357. The molecular weight excluding hydrogens is 1200 g/mol. The third kappa shape index (κ3) is 12.6. The number of nitrogen functional groups attached to an aromatic ring is 1. The Morgan fingerprint density at radius 2 is 1.53 bits per heavy atom. The molecule has 8 aromatic rings. The number of nitrogens with two attached hydrogens (primary N) is 1. The van der Waals surface area contributed by atoms with E-state index in [0.717, 1.165) is 10.9 Å². The summed E-state index contributed by atoms with van der Waals surface area (Å²) in [5.74, 6) is 0.915. The van der Waals surface area contributed by atoms with Gasteiger partial charge in [-0.1, -0.05) is 35.5 Å². The molecule has 11 N–H and O–H groups in total. The summed E-state index contributed by atoms with van der Waals surface area (Å²) in [7, 11) is -14.0. The zero-order valence-electron chi connectivity index (χ0n) is 41.9. The van der Waals surface area contributed by atoms with Gasteiger partial charge in [0.2, 0.25) is 14.3 Å². The van der Waals surface area contributed by atoms with Crippen LogP contribution in [0.4, 0.5) is 11.8 Å². The van der Waals surface area contributed by atoms with Crippen LogP contribution in [0.3, 0.4) is 0 Å². The molecule has 81 heavy (non-hydrogen) atoms. The second-order valence-corrected chi connectivity index (χ2v) is 24.0. The molecule has 0 saturated carbocycles. The molecule has 12 atom stereocenters. The topological polar surface area (TPSA) is 447 Å². The van der Waals surface area contributed by atoms with Gasteiger partial charge in [-0.05, 0) is 42.7 Å². The lowest BCUT2D eigenvalue weighted by Crippen LogP contribution is -2.38. The number of rotatable bonds is 23. The summed E-state index contributed by atoms with van der Waals surface area (Å²) in [5, 5.41) is 25.7. The number of imidazole rings is 3. The fourth-order valence-electron chi connectivity index (χ4n) is 8.73. The van der Waals surface area contributed by atoms with Gasteiger partial charge in [-0.2, -0.15) is 4.98 Å². The van der Waals surface area contributed by atoms with Crippen molar-refractivity contribution in [3.8, 4) is 17.1 Å². The highest BCUT2D eigenvalue weighted by atomic mass is 35.5. The normalized spacial score (nSPS) is 23.5. The second kappa shape index (κ2) is 24.4. The third-order valence-corrected chi connectivity index (χ3v) is 18.0. The Morgan fingerprint density at radius 3 is 2.25 bits per heavy atom. The molecule has 39 heteroatoms. The van der Waals surface area contributed by atoms with E-state index in [1.165, 1.54) is 48.2 Å². The highest BCUT2D eigenvalue weighted by Crippen LogP contribution is 2.60. The average Bonchev–Trinajstić information content (AvgIpc) is 4.48. The van der Waals surface area contributed by atoms with E-state index < -0.39 is 106 Å². The summed E-state index contributed by atoms with van der Waals surface area (Å²) in [4.78, 5) is 104. The van der Waals surface area contributed by atoms with Crippen molar-refractivity contribution in [2.45, 2.75) is 60.8 Å². The van der Waals surface area contributed by atoms with Crippen molar-refractivity contribution in [2.75, 3.05) is 51.3 Å². The van der Waals surface area contributed by atoms with E-state index in [4.69, 9.17) is 58.5 Å². The molecular formula is C42H47ClN14O19P4S. The maximum absolute atomic E-state index is 13.8. The maximum atomic E-state index is 13.8. The summed E-state index contributed by atoms with van der Waals surface area (Å²) in [6.45, 7) is -1.59. The first-order valence-corrected chi connectivity index (χ1v) is 30.5. The number of aromatic nitrogens is 12. The number of aromatic amines is 2. The second-order valence-electron chi connectivity index (χ2n) is 17.3. The van der Waals surface area contributed by atoms with E-state index >= 15 is 0 Å². The predicted molar refractivity (Wildman–Crippen MR) is 287 cm³/mol. The number of aliphatic hydroxyl groups excluding tert-OH is 2. The van der Waals surface area contributed by atoms with Crippen LogP contribution in [-0.2, 0) is 52.1 Å². The molecule has 33 nitrogen and oxygen atoms in total. The van der Waals surface area contributed by atoms with E-state index in [1.807, 2.05) is 0 Å². The number of fused-ring (bicyclic) bond motifs is 3. The number of methoxy groups -OCH3 is 1. The summed E-state index contributed by atoms with van der Waals surface area (Å²) in [6, 6.07) is 12.7. The number of phosphoric ester groups is 2. The van der Waals surface area contributed by atoms with E-state index in [-0.39, 0.29) is 57.9 Å². The fourth-order valence-corrected chi connectivity index (χ4v) is 13.1. The lowest BCUT2D eigenvalue weighted by Gasteiger charge is -2.26. The number of H-pyrrole nitrogens is 2. The Kier molecular flexibility index (Phi) is 17.7. The van der Waals surface area contributed by atoms with Crippen LogP contribution in [0.5, 0.6) is 5.75 Å². The summed E-state index contributed by atoms with van der Waals surface area (Å²) >= 11 is 7.23. The van der Waals surface area contributed by atoms with Crippen LogP contribution in [0.2, 0.25) is 5.02 Å². The van der Waals surface area contributed by atoms with Crippen molar-refractivity contribution in [1.29, 1.82) is 0 Å². The van der Waals surface area contributed by atoms with Crippen molar-refractivity contribution in [1.82, 2.24) is 58.6 Å². The molecule has 6 aromatic heterocycles. The zero-order valence-corrected chi connectivity index (χ0v) is 47.1. The monoisotopic (exact) mass is 1240 g/mol. The zero-order chi connectivity index (χ0) is 57.5. The Balaban J connectivity index is 0.811. The molecule has 2 aromatic carbocycles. The van der Waals surface area contributed by atoms with Crippen molar-refractivity contribution in [3.63, 3.8) is 0 Å². The number of nitrogens with zero attached hydrogens (tertiary/aromatic N) is 10. The van der Waals surface area contributed by atoms with E-state index in [2.05, 4.69) is 50.2 Å². The maximum Gasteiger partial charge on any atom is 0.479 e. The SMILES string of the molecule is CNc1ncnc2c1ncn2C1OC(COP(=O)(O)OP(O)OP(O)c2ccc(-c3nc4nc(SC)[nH]c(=O)c4n3CCOc3ccc(Cl)cc3)cc2)C(OP(=O)(O)OCC2OC(n3cnc4c(=O)[nH]c(N)nc43)C(O)C2O)C1OC. The van der Waals surface area contributed by atoms with Gasteiger partial charge in [-0.3, -0.25) is 46.6 Å². The molecule has 432 valence electrons. The van der Waals surface area contributed by atoms with Crippen LogP contribution in [-0.4, -0.2) is 165 Å². The number of ether oxygens (including phenoxy) is 4. The number of hydrogen-bond donors (Lipinski definition) is 10. The van der Waals surface area contributed by atoms with Crippen LogP contribution in [0.25, 0.3) is 44.9 Å². The molecule has 2 saturated heterocycles. The standard InChI is InChI=1S/C42H47ClN14O19P4S/c1-45-32-25-35(47-16-46-32)56(17-48-25)40-31(68-2)30(74-79(64,65)70-14-23-28(58)29(59)39(72-23)57-18-49-26-36(57)52-41(44)53-37(26)60)24(73-40)15-71-80(66,67)76-78(63)75-77(62)22-10-4-19(5-11-22)34-50-33-27(38(61)54-42(51-33)81-3)55(34)12-13-69-21-8-6-20(43)7-9-21/h4-11,16-18,23-24,28-31,39-40,58-59,62-63H,12-15H2,1-3H3,(H,64,65)(H,66,67)(H,45,46,47)(H,51,54,61)(H3,44,52,53,60). The van der Waals surface area contributed by atoms with E-state index in [1.54, 1.807) is 54.3 Å². The lowest BCUT2D eigenvalue weighted by molar-refractivity contribution is -0.0581. The molecule has 0 radical (unpaired) electrons. The van der Waals surface area contributed by atoms with Crippen molar-refractivity contribution >= 4 is 107 Å². The lowest BCUT2D eigenvalue weighted by atomic mass is 10.1. The number of hydrogen-bond acceptors (Lipinski definition) is 27. The summed E-state index contributed by atoms with van der Waals surface area (Å²) in [6.07, 6.45) is -7.05. The average molecular weight is 1240 g/mol. The number of nitrogens with one attached hydrogen (secondary N) is 3. The molecule has 2 aliphatic rings. The minimum atomic E-state index is -5.38. The number of thioether (sulfide) groups is 1. The van der Waals surface area contributed by atoms with Crippen LogP contribution >= 0.6 is 56.0 Å². The summed E-state index contributed by atoms with van der Waals surface area (Å²) in [5.41, 5.74) is 5.59. The molecule has 12 unspecified atom stereocenters. The first kappa shape index (κ1) is 58.7. The van der Waals surface area contributed by atoms with E-state index in [9.17, 15) is 48.5 Å². The number of benzene rings is 2. The van der Waals surface area contributed by atoms with Crippen LogP contribution in [0, 0.1) is 0 Å². The molecule has 2 aliphatic heterocycles. The van der Waals surface area contributed by atoms with Gasteiger partial charge in [0.15, 0.2) is 51.4 Å². The molecule has 8 heterocycles. The van der Waals surface area contributed by atoms with Gasteiger partial charge in [0.05, 0.1) is 32.4 Å². The van der Waals surface area contributed by atoms with Gasteiger partial charge in [-0.15, -0.1) is 0 Å². The van der Waals surface area contributed by atoms with Gasteiger partial charge < -0.3 is 64.4 Å². The molecule has 0 bridgehead atoms. The van der Waals surface area contributed by atoms with Gasteiger partial charge in [0, 0.05) is 30.0 Å². The minimum absolute atomic E-state index is 0.102. The Labute approximate surface area is 465 Å². The van der Waals surface area contributed by atoms with Gasteiger partial charge in [0.1, 0.15) is 66.6 Å². The molecule has 0 aliphatic carbocycles. The highest BCUT2D eigenvalue weighted by Gasteiger charge is 2.52. The summed E-state index contributed by atoms with van der Waals surface area (Å²) < 4.78 is 81.2. The largest absolute Gasteiger partial charge is 0.492 e. The van der Waals surface area contributed by atoms with Crippen LogP contribution in [0.15, 0.2) is 82.3 Å². The predicted octanol–water partition coefficient (Wildman–Crippen LogP) is 2.17. The highest BCUT2D eigenvalue weighted by molar-refractivity contribution is 7.98. The molecule has 2 fully saturated rings. The Morgan fingerprint density at radius 1 is 0.840 bits per heavy atom. The Bertz CT molecular complexity index is 3790. The number of halogens is 1. The third-order valence-electron chi connectivity index (χ3n) is 12.4. The minimum Gasteiger partial charge on any atom is -0.492 e. The smallest absolute Gasteiger partial charge is 0.479 e. The molecule has 0 spiro atoms. The van der Waals surface area contributed by atoms with Crippen molar-refractivity contribution in [2.24, 2.45) is 0 Å². The molecule has 0 amide bonds. The molecule has 10 rings (SSSR count).